The molecule has 4 nitrogen and oxygen atoms in total. The van der Waals surface area contributed by atoms with E-state index < -0.39 is 10.0 Å². The van der Waals surface area contributed by atoms with E-state index >= 15 is 0 Å². The van der Waals surface area contributed by atoms with E-state index in [0.717, 1.165) is 11.8 Å². The number of nitrogens with two attached hydrogens (primary N) is 1. The van der Waals surface area contributed by atoms with Crippen molar-refractivity contribution in [2.75, 3.05) is 12.0 Å². The SMILES string of the molecule is CCCS(=O)(=O)/N=C(/N)SC. The highest BCUT2D eigenvalue weighted by Gasteiger charge is 2.06. The molecule has 0 aromatic carbocycles. The summed E-state index contributed by atoms with van der Waals surface area (Å²) in [5.74, 6) is 0.0637. The van der Waals surface area contributed by atoms with E-state index in [4.69, 9.17) is 5.73 Å². The van der Waals surface area contributed by atoms with Crippen LogP contribution in [-0.4, -0.2) is 25.6 Å². The van der Waals surface area contributed by atoms with Crippen molar-refractivity contribution in [1.82, 2.24) is 0 Å². The Labute approximate surface area is 71.3 Å². The van der Waals surface area contributed by atoms with Crippen molar-refractivity contribution in [2.45, 2.75) is 13.3 Å². The quantitative estimate of drug-likeness (QED) is 0.524. The van der Waals surface area contributed by atoms with Crippen molar-refractivity contribution >= 4 is 27.0 Å². The third-order valence-electron chi connectivity index (χ3n) is 0.900. The topological polar surface area (TPSA) is 72.5 Å². The summed E-state index contributed by atoms with van der Waals surface area (Å²) < 4.78 is 25.2. The summed E-state index contributed by atoms with van der Waals surface area (Å²) in [6.07, 6.45) is 2.24. The standard InChI is InChI=1S/C5H12N2O2S2/c1-3-4-11(8,9)7-5(6)10-2/h3-4H2,1-2H3,(H2,6,7). The maximum atomic E-state index is 10.9. The lowest BCUT2D eigenvalue weighted by Crippen LogP contribution is -2.11. The number of thioether (sulfide) groups is 1. The molecular weight excluding hydrogens is 184 g/mol. The molecule has 6 heteroatoms. The van der Waals surface area contributed by atoms with Crippen LogP contribution in [0.4, 0.5) is 0 Å². The van der Waals surface area contributed by atoms with E-state index in [-0.39, 0.29) is 10.9 Å². The van der Waals surface area contributed by atoms with Crippen LogP contribution in [0.5, 0.6) is 0 Å². The van der Waals surface area contributed by atoms with E-state index in [1.807, 2.05) is 0 Å². The van der Waals surface area contributed by atoms with Crippen molar-refractivity contribution < 1.29 is 8.42 Å². The van der Waals surface area contributed by atoms with Crippen LogP contribution in [0.3, 0.4) is 0 Å². The highest BCUT2D eigenvalue weighted by Crippen LogP contribution is 1.99. The molecule has 0 aliphatic carbocycles. The van der Waals surface area contributed by atoms with E-state index in [9.17, 15) is 8.42 Å². The minimum Gasteiger partial charge on any atom is -0.378 e. The van der Waals surface area contributed by atoms with Crippen molar-refractivity contribution in [2.24, 2.45) is 10.1 Å². The normalized spacial score (nSPS) is 13.5. The predicted octanol–water partition coefficient (Wildman–Crippen LogP) is 0.404. The molecular formula is C5H12N2O2S2. The second-order valence-corrected chi connectivity index (χ2v) is 4.50. The monoisotopic (exact) mass is 196 g/mol. The van der Waals surface area contributed by atoms with Gasteiger partial charge < -0.3 is 5.73 Å². The van der Waals surface area contributed by atoms with E-state index in [1.54, 1.807) is 13.2 Å². The van der Waals surface area contributed by atoms with Crippen LogP contribution in [0.1, 0.15) is 13.3 Å². The number of sulfonamides is 1. The second-order valence-electron chi connectivity index (χ2n) is 1.92. The van der Waals surface area contributed by atoms with Gasteiger partial charge in [-0.05, 0) is 12.7 Å². The van der Waals surface area contributed by atoms with Gasteiger partial charge in [-0.2, -0.15) is 0 Å². The summed E-state index contributed by atoms with van der Waals surface area (Å²) in [5.41, 5.74) is 5.22. The second kappa shape index (κ2) is 4.61. The third-order valence-corrected chi connectivity index (χ3v) is 2.92. The first-order valence-corrected chi connectivity index (χ1v) is 5.97. The van der Waals surface area contributed by atoms with Gasteiger partial charge in [0.15, 0.2) is 5.17 Å². The molecule has 0 unspecified atom stereocenters. The molecule has 0 aromatic rings. The van der Waals surface area contributed by atoms with Crippen molar-refractivity contribution in [3.8, 4) is 0 Å². The Morgan fingerprint density at radius 2 is 2.18 bits per heavy atom. The van der Waals surface area contributed by atoms with Gasteiger partial charge in [-0.3, -0.25) is 0 Å². The minimum absolute atomic E-state index is 0.0637. The molecule has 0 aromatic heterocycles. The summed E-state index contributed by atoms with van der Waals surface area (Å²) in [7, 11) is -3.30. The highest BCUT2D eigenvalue weighted by atomic mass is 32.2. The van der Waals surface area contributed by atoms with Gasteiger partial charge >= 0.3 is 0 Å². The van der Waals surface area contributed by atoms with Gasteiger partial charge in [-0.25, -0.2) is 8.42 Å². The molecule has 0 atom stereocenters. The molecule has 2 N–H and O–H groups in total. The van der Waals surface area contributed by atoms with Gasteiger partial charge in [0.1, 0.15) is 0 Å². The molecule has 0 spiro atoms. The smallest absolute Gasteiger partial charge is 0.255 e. The van der Waals surface area contributed by atoms with E-state index in [2.05, 4.69) is 4.40 Å². The largest absolute Gasteiger partial charge is 0.378 e. The molecule has 0 heterocycles. The van der Waals surface area contributed by atoms with Gasteiger partial charge in [0, 0.05) is 0 Å². The fourth-order valence-electron chi connectivity index (χ4n) is 0.478. The average Bonchev–Trinajstić information content (AvgIpc) is 1.86. The van der Waals surface area contributed by atoms with Gasteiger partial charge in [0.05, 0.1) is 5.75 Å². The number of rotatable bonds is 3. The number of nitrogens with zero attached hydrogens (tertiary/aromatic N) is 1. The molecule has 0 bridgehead atoms. The minimum atomic E-state index is -3.30. The summed E-state index contributed by atoms with van der Waals surface area (Å²) in [4.78, 5) is 0. The molecule has 0 saturated carbocycles. The third kappa shape index (κ3) is 5.09. The van der Waals surface area contributed by atoms with Crippen molar-refractivity contribution in [1.29, 1.82) is 0 Å². The van der Waals surface area contributed by atoms with E-state index in [0.29, 0.717) is 6.42 Å². The molecule has 11 heavy (non-hydrogen) atoms. The summed E-state index contributed by atoms with van der Waals surface area (Å²) in [5, 5.41) is 0.0958. The predicted molar refractivity (Wildman–Crippen MR) is 49.2 cm³/mol. The first kappa shape index (κ1) is 10.8. The fourth-order valence-corrected chi connectivity index (χ4v) is 2.00. The van der Waals surface area contributed by atoms with Crippen LogP contribution < -0.4 is 5.73 Å². The lowest BCUT2D eigenvalue weighted by Gasteiger charge is -1.95. The zero-order valence-electron chi connectivity index (χ0n) is 6.57. The fraction of sp³-hybridized carbons (Fsp3) is 0.800. The van der Waals surface area contributed by atoms with Crippen LogP contribution >= 0.6 is 11.8 Å². The van der Waals surface area contributed by atoms with Crippen molar-refractivity contribution in [3.05, 3.63) is 0 Å². The number of hydrogen-bond acceptors (Lipinski definition) is 3. The van der Waals surface area contributed by atoms with Crippen LogP contribution in [0, 0.1) is 0 Å². The zero-order chi connectivity index (χ0) is 8.91. The summed E-state index contributed by atoms with van der Waals surface area (Å²) in [6, 6.07) is 0. The molecule has 0 rings (SSSR count). The molecule has 0 fully saturated rings. The van der Waals surface area contributed by atoms with Gasteiger partial charge in [-0.1, -0.05) is 18.7 Å². The Balaban J connectivity index is 4.35. The first-order chi connectivity index (χ1) is 5.02. The lowest BCUT2D eigenvalue weighted by molar-refractivity contribution is 0.597. The molecule has 0 radical (unpaired) electrons. The molecule has 0 saturated heterocycles. The van der Waals surface area contributed by atoms with Gasteiger partial charge in [0.25, 0.3) is 10.0 Å². The van der Waals surface area contributed by atoms with Crippen LogP contribution in [0.15, 0.2) is 4.40 Å². The number of hydrogen-bond donors (Lipinski definition) is 1. The van der Waals surface area contributed by atoms with Gasteiger partial charge in [0.2, 0.25) is 0 Å². The summed E-state index contributed by atoms with van der Waals surface area (Å²) in [6.45, 7) is 1.78. The Bertz CT molecular complexity index is 233. The molecule has 0 amide bonds. The lowest BCUT2D eigenvalue weighted by atomic mass is 10.6. The molecule has 0 aliphatic rings. The van der Waals surface area contributed by atoms with Crippen molar-refractivity contribution in [3.63, 3.8) is 0 Å². The van der Waals surface area contributed by atoms with Crippen LogP contribution in [-0.2, 0) is 10.0 Å². The summed E-state index contributed by atoms with van der Waals surface area (Å²) >= 11 is 1.13. The van der Waals surface area contributed by atoms with Gasteiger partial charge in [-0.15, -0.1) is 4.40 Å². The van der Waals surface area contributed by atoms with Crippen LogP contribution in [0.2, 0.25) is 0 Å². The molecule has 0 aliphatic heterocycles. The maximum Gasteiger partial charge on any atom is 0.255 e. The Hall–Kier alpha value is -0.230. The molecule has 66 valence electrons. The zero-order valence-corrected chi connectivity index (χ0v) is 8.20. The first-order valence-electron chi connectivity index (χ1n) is 3.14. The Morgan fingerprint density at radius 3 is 2.55 bits per heavy atom. The Morgan fingerprint density at radius 1 is 1.64 bits per heavy atom. The number of amidine groups is 1. The van der Waals surface area contributed by atoms with E-state index in [1.165, 1.54) is 0 Å². The maximum absolute atomic E-state index is 10.9. The van der Waals surface area contributed by atoms with Crippen LogP contribution in [0.25, 0.3) is 0 Å². The highest BCUT2D eigenvalue weighted by molar-refractivity contribution is 8.13. The Kier molecular flexibility index (Phi) is 4.51. The average molecular weight is 196 g/mol.